The highest BCUT2D eigenvalue weighted by molar-refractivity contribution is 6.09. The van der Waals surface area contributed by atoms with Crippen molar-refractivity contribution < 1.29 is 13.2 Å². The number of rotatable bonds is 5. The van der Waals surface area contributed by atoms with Crippen molar-refractivity contribution in [1.29, 1.82) is 10.8 Å². The Kier molecular flexibility index (Phi) is 6.47. The summed E-state index contributed by atoms with van der Waals surface area (Å²) in [7, 11) is 3.55. The third-order valence-electron chi connectivity index (χ3n) is 5.28. The van der Waals surface area contributed by atoms with E-state index in [9.17, 15) is 13.2 Å². The Morgan fingerprint density at radius 1 is 1.39 bits per heavy atom. The molecule has 1 atom stereocenters. The van der Waals surface area contributed by atoms with Gasteiger partial charge in [0.25, 0.3) is 5.92 Å². The first-order valence-corrected chi connectivity index (χ1v) is 9.86. The van der Waals surface area contributed by atoms with Crippen molar-refractivity contribution in [2.75, 3.05) is 27.2 Å². The standard InChI is InChI=1S/C21H26F3N7/c1-30(2)10-13(9-25)14-3-4-15(17(26)7-16(14)22)20(27)18-8-19(29-12-28-18)31-6-5-21(23,24)11-31/h4,7,9-10,12,18,25,27H,3,5-6,8,11,26H2,1-2H3/b13-10+,25-9?,27-20?. The molecule has 1 fully saturated rings. The SMILES string of the molecule is CN(C)/C=C(\C=N)C1=C(F)C=C(N)C(C(=N)C2CC(N3CCC(F)(F)C3)=NC=N2)=CC1. The van der Waals surface area contributed by atoms with Crippen LogP contribution in [0.5, 0.6) is 0 Å². The fraction of sp³-hybridized carbons (Fsp3) is 0.429. The summed E-state index contributed by atoms with van der Waals surface area (Å²) in [6.07, 6.45) is 6.90. The van der Waals surface area contributed by atoms with Crippen LogP contribution in [0, 0.1) is 10.8 Å². The molecule has 2 heterocycles. The van der Waals surface area contributed by atoms with Crippen molar-refractivity contribution in [3.05, 3.63) is 46.6 Å². The summed E-state index contributed by atoms with van der Waals surface area (Å²) in [6.45, 7) is -0.193. The predicted octanol–water partition coefficient (Wildman–Crippen LogP) is 3.04. The lowest BCUT2D eigenvalue weighted by Gasteiger charge is -2.26. The molecule has 3 rings (SSSR count). The largest absolute Gasteiger partial charge is 0.398 e. The molecule has 0 radical (unpaired) electrons. The number of nitrogens with one attached hydrogen (secondary N) is 2. The smallest absolute Gasteiger partial charge is 0.266 e. The second kappa shape index (κ2) is 8.91. The molecule has 1 aliphatic carbocycles. The third kappa shape index (κ3) is 5.12. The highest BCUT2D eigenvalue weighted by Crippen LogP contribution is 2.30. The summed E-state index contributed by atoms with van der Waals surface area (Å²) in [5.41, 5.74) is 7.27. The van der Waals surface area contributed by atoms with Gasteiger partial charge in [-0.25, -0.2) is 18.2 Å². The zero-order valence-electron chi connectivity index (χ0n) is 17.5. The molecule has 0 spiro atoms. The van der Waals surface area contributed by atoms with Gasteiger partial charge in [-0.05, 0) is 12.5 Å². The number of aliphatic imine (C=N–C) groups is 2. The normalized spacial score (nSPS) is 23.8. The first-order chi connectivity index (χ1) is 14.6. The van der Waals surface area contributed by atoms with Crippen molar-refractivity contribution in [3.63, 3.8) is 0 Å². The molecule has 0 aromatic rings. The number of halogens is 3. The molecule has 4 N–H and O–H groups in total. The number of amidine groups is 1. The summed E-state index contributed by atoms with van der Waals surface area (Å²) in [5.74, 6) is -2.85. The van der Waals surface area contributed by atoms with Gasteiger partial charge in [0, 0.05) is 68.3 Å². The molecule has 0 amide bonds. The summed E-state index contributed by atoms with van der Waals surface area (Å²) in [6, 6.07) is -0.649. The summed E-state index contributed by atoms with van der Waals surface area (Å²) < 4.78 is 41.9. The zero-order valence-corrected chi connectivity index (χ0v) is 17.5. The van der Waals surface area contributed by atoms with Crippen molar-refractivity contribution in [1.82, 2.24) is 9.80 Å². The van der Waals surface area contributed by atoms with E-state index < -0.39 is 24.3 Å². The van der Waals surface area contributed by atoms with E-state index in [1.807, 2.05) is 0 Å². The number of hydrogen-bond acceptors (Lipinski definition) is 7. The average molecular weight is 433 g/mol. The Hall–Kier alpha value is -3.17. The van der Waals surface area contributed by atoms with Gasteiger partial charge in [0.1, 0.15) is 24.0 Å². The Bertz CT molecular complexity index is 954. The molecular formula is C21H26F3N7. The quantitative estimate of drug-likeness (QED) is 0.581. The van der Waals surface area contributed by atoms with E-state index in [2.05, 4.69) is 9.98 Å². The molecule has 31 heavy (non-hydrogen) atoms. The molecule has 2 aliphatic heterocycles. The number of nitrogens with two attached hydrogens (primary N) is 1. The van der Waals surface area contributed by atoms with Gasteiger partial charge < -0.3 is 26.4 Å². The van der Waals surface area contributed by atoms with Crippen molar-refractivity contribution in [3.8, 4) is 0 Å². The van der Waals surface area contributed by atoms with E-state index in [0.717, 1.165) is 12.3 Å². The molecule has 0 bridgehead atoms. The second-order valence-electron chi connectivity index (χ2n) is 7.91. The summed E-state index contributed by atoms with van der Waals surface area (Å²) in [4.78, 5) is 11.6. The van der Waals surface area contributed by atoms with Crippen LogP contribution in [0.4, 0.5) is 13.2 Å². The minimum absolute atomic E-state index is 0.0744. The molecule has 7 nitrogen and oxygen atoms in total. The van der Waals surface area contributed by atoms with Crippen LogP contribution in [-0.2, 0) is 0 Å². The molecule has 0 aromatic heterocycles. The fourth-order valence-corrected chi connectivity index (χ4v) is 3.70. The molecule has 1 saturated heterocycles. The summed E-state index contributed by atoms with van der Waals surface area (Å²) in [5, 5.41) is 16.2. The molecule has 3 aliphatic rings. The Morgan fingerprint density at radius 2 is 2.13 bits per heavy atom. The molecule has 0 aromatic carbocycles. The number of allylic oxidation sites excluding steroid dienone is 6. The minimum Gasteiger partial charge on any atom is -0.398 e. The number of hydrogen-bond donors (Lipinski definition) is 3. The monoisotopic (exact) mass is 433 g/mol. The van der Waals surface area contributed by atoms with Crippen LogP contribution in [0.3, 0.4) is 0 Å². The van der Waals surface area contributed by atoms with Gasteiger partial charge in [-0.15, -0.1) is 0 Å². The third-order valence-corrected chi connectivity index (χ3v) is 5.28. The van der Waals surface area contributed by atoms with E-state index in [-0.39, 0.29) is 37.2 Å². The van der Waals surface area contributed by atoms with Gasteiger partial charge in [0.05, 0.1) is 12.3 Å². The number of likely N-dealkylation sites (tertiary alicyclic amines) is 1. The van der Waals surface area contributed by atoms with Crippen LogP contribution in [0.25, 0.3) is 0 Å². The van der Waals surface area contributed by atoms with E-state index in [4.69, 9.17) is 16.6 Å². The van der Waals surface area contributed by atoms with Crippen LogP contribution >= 0.6 is 0 Å². The predicted molar refractivity (Wildman–Crippen MR) is 117 cm³/mol. The summed E-state index contributed by atoms with van der Waals surface area (Å²) >= 11 is 0. The molecule has 1 unspecified atom stereocenters. The highest BCUT2D eigenvalue weighted by Gasteiger charge is 2.40. The van der Waals surface area contributed by atoms with Crippen LogP contribution in [0.1, 0.15) is 19.3 Å². The maximum atomic E-state index is 14.8. The van der Waals surface area contributed by atoms with Gasteiger partial charge in [-0.3, -0.25) is 4.99 Å². The first kappa shape index (κ1) is 22.5. The van der Waals surface area contributed by atoms with Crippen LogP contribution < -0.4 is 5.73 Å². The maximum Gasteiger partial charge on any atom is 0.266 e. The average Bonchev–Trinajstić information content (AvgIpc) is 3.01. The van der Waals surface area contributed by atoms with Crippen LogP contribution in [0.2, 0.25) is 0 Å². The molecular weight excluding hydrogens is 407 g/mol. The lowest BCUT2D eigenvalue weighted by Crippen LogP contribution is -2.37. The van der Waals surface area contributed by atoms with Gasteiger partial charge >= 0.3 is 0 Å². The maximum absolute atomic E-state index is 14.8. The van der Waals surface area contributed by atoms with E-state index in [1.165, 1.54) is 11.2 Å². The lowest BCUT2D eigenvalue weighted by atomic mass is 9.96. The van der Waals surface area contributed by atoms with Gasteiger partial charge in [-0.1, -0.05) is 6.08 Å². The first-order valence-electron chi connectivity index (χ1n) is 9.86. The van der Waals surface area contributed by atoms with Crippen molar-refractivity contribution in [2.24, 2.45) is 15.7 Å². The lowest BCUT2D eigenvalue weighted by molar-refractivity contribution is 0.0174. The molecule has 10 heteroatoms. The Morgan fingerprint density at radius 3 is 2.74 bits per heavy atom. The minimum atomic E-state index is -2.75. The van der Waals surface area contributed by atoms with Crippen molar-refractivity contribution in [2.45, 2.75) is 31.2 Å². The Labute approximate surface area is 179 Å². The van der Waals surface area contributed by atoms with Gasteiger partial charge in [-0.2, -0.15) is 0 Å². The molecule has 0 saturated carbocycles. The van der Waals surface area contributed by atoms with E-state index in [1.54, 1.807) is 31.3 Å². The second-order valence-corrected chi connectivity index (χ2v) is 7.91. The van der Waals surface area contributed by atoms with Gasteiger partial charge in [0.15, 0.2) is 0 Å². The van der Waals surface area contributed by atoms with E-state index in [0.29, 0.717) is 22.6 Å². The number of nitrogens with zero attached hydrogens (tertiary/aromatic N) is 4. The van der Waals surface area contributed by atoms with E-state index >= 15 is 0 Å². The van der Waals surface area contributed by atoms with Crippen molar-refractivity contribution >= 4 is 24.1 Å². The fourth-order valence-electron chi connectivity index (χ4n) is 3.70. The van der Waals surface area contributed by atoms with Gasteiger partial charge in [0.2, 0.25) is 0 Å². The van der Waals surface area contributed by atoms with Crippen LogP contribution in [-0.4, -0.2) is 73.0 Å². The Balaban J connectivity index is 1.79. The highest BCUT2D eigenvalue weighted by atomic mass is 19.3. The van der Waals surface area contributed by atoms with Crippen LogP contribution in [0.15, 0.2) is 56.6 Å². The topological polar surface area (TPSA) is 105 Å². The molecule has 166 valence electrons. The zero-order chi connectivity index (χ0) is 22.8. The number of alkyl halides is 2.